The van der Waals surface area contributed by atoms with Crippen LogP contribution < -0.4 is 14.2 Å². The summed E-state index contributed by atoms with van der Waals surface area (Å²) < 4.78 is 39.1. The van der Waals surface area contributed by atoms with E-state index >= 15 is 0 Å². The van der Waals surface area contributed by atoms with Crippen LogP contribution in [0.2, 0.25) is 0 Å². The molecule has 1 saturated heterocycles. The highest BCUT2D eigenvalue weighted by atomic mass is 32.2. The molecule has 2 aromatic carbocycles. The molecule has 1 aliphatic heterocycles. The molecule has 7 nitrogen and oxygen atoms in total. The molecule has 0 aromatic heterocycles. The zero-order chi connectivity index (χ0) is 20.9. The van der Waals surface area contributed by atoms with Gasteiger partial charge in [-0.2, -0.15) is 4.72 Å². The first-order valence-electron chi connectivity index (χ1n) is 9.51. The molecule has 3 rings (SSSR count). The molecule has 1 heterocycles. The monoisotopic (exact) mass is 418 g/mol. The molecule has 0 aliphatic carbocycles. The zero-order valence-corrected chi connectivity index (χ0v) is 17.4. The number of benzene rings is 2. The molecule has 2 aromatic rings. The van der Waals surface area contributed by atoms with Crippen LogP contribution in [0.4, 0.5) is 0 Å². The minimum atomic E-state index is -3.94. The van der Waals surface area contributed by atoms with Crippen LogP contribution in [-0.4, -0.2) is 52.6 Å². The van der Waals surface area contributed by atoms with Gasteiger partial charge in [-0.15, -0.1) is 0 Å². The third-order valence-corrected chi connectivity index (χ3v) is 6.43. The second-order valence-electron chi connectivity index (χ2n) is 6.91. The average Bonchev–Trinajstić information content (AvgIpc) is 3.27. The van der Waals surface area contributed by atoms with Crippen molar-refractivity contribution in [2.45, 2.75) is 30.2 Å². The number of likely N-dealkylation sites (tertiary alicyclic amines) is 1. The van der Waals surface area contributed by atoms with Gasteiger partial charge in [0.25, 0.3) is 0 Å². The maximum atomic E-state index is 13.0. The molecule has 0 saturated carbocycles. The minimum Gasteiger partial charge on any atom is -0.493 e. The highest BCUT2D eigenvalue weighted by Gasteiger charge is 2.31. The third kappa shape index (κ3) is 5.07. The van der Waals surface area contributed by atoms with E-state index in [4.69, 9.17) is 9.47 Å². The molecule has 0 spiro atoms. The van der Waals surface area contributed by atoms with E-state index in [1.54, 1.807) is 4.90 Å². The quantitative estimate of drug-likeness (QED) is 0.711. The van der Waals surface area contributed by atoms with E-state index in [0.717, 1.165) is 18.4 Å². The Balaban J connectivity index is 1.88. The second kappa shape index (κ2) is 9.28. The maximum absolute atomic E-state index is 13.0. The van der Waals surface area contributed by atoms with Crippen LogP contribution in [0.15, 0.2) is 53.4 Å². The number of nitrogens with one attached hydrogen (secondary N) is 1. The molecule has 0 bridgehead atoms. The molecule has 1 aliphatic rings. The van der Waals surface area contributed by atoms with Gasteiger partial charge in [0.2, 0.25) is 15.9 Å². The number of methoxy groups -OCH3 is 2. The molecule has 1 atom stereocenters. The largest absolute Gasteiger partial charge is 0.493 e. The minimum absolute atomic E-state index is 0.0161. The standard InChI is InChI=1S/C21H26N2O5S/c1-27-19-11-10-17(15-20(19)28-2)29(25,26)22-18(14-16-8-4-3-5-9-16)21(24)23-12-6-7-13-23/h3-5,8-11,15,18,22H,6-7,12-14H2,1-2H3/t18-/m0/s1. The predicted molar refractivity (Wildman–Crippen MR) is 110 cm³/mol. The van der Waals surface area contributed by atoms with Crippen LogP contribution in [0.25, 0.3) is 0 Å². The van der Waals surface area contributed by atoms with Crippen molar-refractivity contribution in [2.75, 3.05) is 27.3 Å². The second-order valence-corrected chi connectivity index (χ2v) is 8.63. The predicted octanol–water partition coefficient (Wildman–Crippen LogP) is 2.22. The molecule has 1 fully saturated rings. The molecule has 0 radical (unpaired) electrons. The van der Waals surface area contributed by atoms with Gasteiger partial charge >= 0.3 is 0 Å². The number of amides is 1. The molecule has 0 unspecified atom stereocenters. The molecular weight excluding hydrogens is 392 g/mol. The van der Waals surface area contributed by atoms with Crippen molar-refractivity contribution in [2.24, 2.45) is 0 Å². The number of hydrogen-bond acceptors (Lipinski definition) is 5. The van der Waals surface area contributed by atoms with Gasteiger partial charge in [0.15, 0.2) is 11.5 Å². The van der Waals surface area contributed by atoms with Crippen LogP contribution in [0.3, 0.4) is 0 Å². The van der Waals surface area contributed by atoms with Crippen molar-refractivity contribution in [1.82, 2.24) is 9.62 Å². The van der Waals surface area contributed by atoms with Crippen LogP contribution >= 0.6 is 0 Å². The molecule has 8 heteroatoms. The lowest BCUT2D eigenvalue weighted by molar-refractivity contribution is -0.131. The third-order valence-electron chi connectivity index (χ3n) is 4.96. The topological polar surface area (TPSA) is 84.9 Å². The Bertz CT molecular complexity index is 941. The van der Waals surface area contributed by atoms with Gasteiger partial charge < -0.3 is 14.4 Å². The first kappa shape index (κ1) is 21.1. The van der Waals surface area contributed by atoms with Crippen molar-refractivity contribution < 1.29 is 22.7 Å². The van der Waals surface area contributed by atoms with Gasteiger partial charge in [-0.3, -0.25) is 4.79 Å². The number of sulfonamides is 1. The fraction of sp³-hybridized carbons (Fsp3) is 0.381. The molecule has 1 N–H and O–H groups in total. The summed E-state index contributed by atoms with van der Waals surface area (Å²) in [6.45, 7) is 1.31. The van der Waals surface area contributed by atoms with Gasteiger partial charge in [-0.1, -0.05) is 30.3 Å². The Labute approximate surface area is 171 Å². The van der Waals surface area contributed by atoms with Crippen molar-refractivity contribution in [3.8, 4) is 11.5 Å². The Hall–Kier alpha value is -2.58. The van der Waals surface area contributed by atoms with Crippen LogP contribution in [-0.2, 0) is 21.2 Å². The zero-order valence-electron chi connectivity index (χ0n) is 16.6. The van der Waals surface area contributed by atoms with Crippen LogP contribution in [0.5, 0.6) is 11.5 Å². The van der Waals surface area contributed by atoms with E-state index in [1.807, 2.05) is 30.3 Å². The fourth-order valence-electron chi connectivity index (χ4n) is 3.43. The van der Waals surface area contributed by atoms with Gasteiger partial charge in [0.1, 0.15) is 6.04 Å². The number of hydrogen-bond donors (Lipinski definition) is 1. The summed E-state index contributed by atoms with van der Waals surface area (Å²) in [7, 11) is -1.02. The molecule has 156 valence electrons. The van der Waals surface area contributed by atoms with E-state index in [-0.39, 0.29) is 17.2 Å². The Morgan fingerprint density at radius 2 is 1.69 bits per heavy atom. The smallest absolute Gasteiger partial charge is 0.241 e. The van der Waals surface area contributed by atoms with Crippen molar-refractivity contribution >= 4 is 15.9 Å². The van der Waals surface area contributed by atoms with E-state index in [1.165, 1.54) is 32.4 Å². The van der Waals surface area contributed by atoms with Crippen LogP contribution in [0.1, 0.15) is 18.4 Å². The number of carbonyl (C=O) groups is 1. The summed E-state index contributed by atoms with van der Waals surface area (Å²) in [4.78, 5) is 14.8. The van der Waals surface area contributed by atoms with Crippen molar-refractivity contribution in [3.63, 3.8) is 0 Å². The summed E-state index contributed by atoms with van der Waals surface area (Å²) >= 11 is 0. The lowest BCUT2D eigenvalue weighted by atomic mass is 10.1. The van der Waals surface area contributed by atoms with Gasteiger partial charge in [-0.25, -0.2) is 8.42 Å². The fourth-order valence-corrected chi connectivity index (χ4v) is 4.63. The van der Waals surface area contributed by atoms with Gasteiger partial charge in [0.05, 0.1) is 19.1 Å². The number of nitrogens with zero attached hydrogens (tertiary/aromatic N) is 1. The first-order chi connectivity index (χ1) is 13.9. The number of ether oxygens (including phenoxy) is 2. The molecule has 1 amide bonds. The summed E-state index contributed by atoms with van der Waals surface area (Å²) in [6.07, 6.45) is 2.15. The summed E-state index contributed by atoms with van der Waals surface area (Å²) in [6, 6.07) is 12.9. The first-order valence-corrected chi connectivity index (χ1v) is 11.0. The van der Waals surface area contributed by atoms with Gasteiger partial charge in [-0.05, 0) is 37.0 Å². The highest BCUT2D eigenvalue weighted by Crippen LogP contribution is 2.29. The maximum Gasteiger partial charge on any atom is 0.241 e. The SMILES string of the molecule is COc1ccc(S(=O)(=O)N[C@@H](Cc2ccccc2)C(=O)N2CCCC2)cc1OC. The molecule has 29 heavy (non-hydrogen) atoms. The van der Waals surface area contributed by atoms with E-state index < -0.39 is 16.1 Å². The summed E-state index contributed by atoms with van der Waals surface area (Å²) in [5.41, 5.74) is 0.889. The van der Waals surface area contributed by atoms with Crippen LogP contribution in [0, 0.1) is 0 Å². The number of rotatable bonds is 8. The Kier molecular flexibility index (Phi) is 6.76. The van der Waals surface area contributed by atoms with Gasteiger partial charge in [0, 0.05) is 19.2 Å². The van der Waals surface area contributed by atoms with E-state index in [2.05, 4.69) is 4.72 Å². The van der Waals surface area contributed by atoms with Crippen molar-refractivity contribution in [3.05, 3.63) is 54.1 Å². The Morgan fingerprint density at radius 1 is 1.03 bits per heavy atom. The van der Waals surface area contributed by atoms with E-state index in [0.29, 0.717) is 24.6 Å². The van der Waals surface area contributed by atoms with Crippen molar-refractivity contribution in [1.29, 1.82) is 0 Å². The summed E-state index contributed by atoms with van der Waals surface area (Å²) in [5, 5.41) is 0. The average molecular weight is 419 g/mol. The highest BCUT2D eigenvalue weighted by molar-refractivity contribution is 7.89. The lowest BCUT2D eigenvalue weighted by Gasteiger charge is -2.24. The number of carbonyl (C=O) groups excluding carboxylic acids is 1. The summed E-state index contributed by atoms with van der Waals surface area (Å²) in [5.74, 6) is 0.539. The van der Waals surface area contributed by atoms with E-state index in [9.17, 15) is 13.2 Å². The lowest BCUT2D eigenvalue weighted by Crippen LogP contribution is -2.48. The normalized spacial score (nSPS) is 15.2. The molecular formula is C21H26N2O5S. The Morgan fingerprint density at radius 3 is 2.31 bits per heavy atom.